The van der Waals surface area contributed by atoms with Crippen LogP contribution in [0.25, 0.3) is 0 Å². The lowest BCUT2D eigenvalue weighted by molar-refractivity contribution is 0.299. The van der Waals surface area contributed by atoms with E-state index in [1.54, 1.807) is 11.3 Å². The van der Waals surface area contributed by atoms with E-state index in [2.05, 4.69) is 24.2 Å². The predicted molar refractivity (Wildman–Crippen MR) is 55.7 cm³/mol. The minimum absolute atomic E-state index is 0.230. The van der Waals surface area contributed by atoms with Gasteiger partial charge in [0.2, 0.25) is 0 Å². The zero-order valence-electron chi connectivity index (χ0n) is 8.42. The molecule has 2 nitrogen and oxygen atoms in total. The van der Waals surface area contributed by atoms with Gasteiger partial charge in [0.1, 0.15) is 5.01 Å². The number of aryl methyl sites for hydroxylation is 1. The number of thiazole rings is 1. The maximum atomic E-state index is 6.34. The Labute approximate surface area is 83.2 Å². The van der Waals surface area contributed by atoms with Gasteiger partial charge in [-0.25, -0.2) is 4.98 Å². The highest BCUT2D eigenvalue weighted by Gasteiger charge is 2.53. The number of aromatic nitrogens is 1. The highest BCUT2D eigenvalue weighted by Crippen LogP contribution is 2.56. The summed E-state index contributed by atoms with van der Waals surface area (Å²) in [5, 5.41) is 3.16. The van der Waals surface area contributed by atoms with Crippen LogP contribution in [0.4, 0.5) is 0 Å². The monoisotopic (exact) mass is 196 g/mol. The second-order valence-corrected chi connectivity index (χ2v) is 5.42. The van der Waals surface area contributed by atoms with E-state index in [1.165, 1.54) is 12.8 Å². The van der Waals surface area contributed by atoms with Gasteiger partial charge in [0, 0.05) is 11.1 Å². The number of hydrogen-bond acceptors (Lipinski definition) is 3. The molecule has 72 valence electrons. The summed E-state index contributed by atoms with van der Waals surface area (Å²) in [6.45, 7) is 6.38. The van der Waals surface area contributed by atoms with E-state index < -0.39 is 0 Å². The Balaban J connectivity index is 2.34. The molecule has 1 aliphatic rings. The van der Waals surface area contributed by atoms with Crippen molar-refractivity contribution in [3.05, 3.63) is 16.1 Å². The maximum absolute atomic E-state index is 6.34. The second kappa shape index (κ2) is 2.55. The van der Waals surface area contributed by atoms with Crippen LogP contribution in [0.1, 0.15) is 37.4 Å². The van der Waals surface area contributed by atoms with Crippen molar-refractivity contribution < 1.29 is 0 Å². The zero-order valence-corrected chi connectivity index (χ0v) is 9.24. The smallest absolute Gasteiger partial charge is 0.113 e. The van der Waals surface area contributed by atoms with Crippen molar-refractivity contribution in [2.75, 3.05) is 0 Å². The molecule has 1 fully saturated rings. The van der Waals surface area contributed by atoms with Crippen LogP contribution in [0.5, 0.6) is 0 Å². The molecular weight excluding hydrogens is 180 g/mol. The highest BCUT2D eigenvalue weighted by molar-refractivity contribution is 7.09. The first-order chi connectivity index (χ1) is 5.96. The van der Waals surface area contributed by atoms with Crippen molar-refractivity contribution >= 4 is 11.3 Å². The SMILES string of the molecule is Cc1csc(C(C)(N)C2(C)CC2)n1. The molecule has 1 aliphatic carbocycles. The van der Waals surface area contributed by atoms with Crippen LogP contribution in [0, 0.1) is 12.3 Å². The largest absolute Gasteiger partial charge is 0.319 e. The lowest BCUT2D eigenvalue weighted by atomic mass is 9.85. The van der Waals surface area contributed by atoms with Crippen LogP contribution in [0.15, 0.2) is 5.38 Å². The molecular formula is C10H16N2S. The zero-order chi connectivity index (χ0) is 9.69. The van der Waals surface area contributed by atoms with E-state index >= 15 is 0 Å². The fourth-order valence-corrected chi connectivity index (χ4v) is 2.58. The van der Waals surface area contributed by atoms with Gasteiger partial charge in [-0.2, -0.15) is 0 Å². The Kier molecular flexibility index (Phi) is 1.79. The van der Waals surface area contributed by atoms with E-state index in [1.807, 2.05) is 6.92 Å². The van der Waals surface area contributed by atoms with E-state index in [0.29, 0.717) is 0 Å². The van der Waals surface area contributed by atoms with Crippen LogP contribution in [0.3, 0.4) is 0 Å². The summed E-state index contributed by atoms with van der Waals surface area (Å²) >= 11 is 1.69. The van der Waals surface area contributed by atoms with Gasteiger partial charge in [0.15, 0.2) is 0 Å². The van der Waals surface area contributed by atoms with Crippen molar-refractivity contribution in [2.24, 2.45) is 11.1 Å². The molecule has 2 rings (SSSR count). The quantitative estimate of drug-likeness (QED) is 0.789. The third-order valence-corrected chi connectivity index (χ3v) is 4.51. The van der Waals surface area contributed by atoms with Crippen LogP contribution in [-0.4, -0.2) is 4.98 Å². The number of nitrogens with two attached hydrogens (primary N) is 1. The van der Waals surface area contributed by atoms with Crippen molar-refractivity contribution in [2.45, 2.75) is 39.2 Å². The first kappa shape index (κ1) is 9.16. The van der Waals surface area contributed by atoms with Crippen LogP contribution < -0.4 is 5.73 Å². The molecule has 1 atom stereocenters. The molecule has 2 N–H and O–H groups in total. The van der Waals surface area contributed by atoms with E-state index in [4.69, 9.17) is 5.73 Å². The minimum Gasteiger partial charge on any atom is -0.319 e. The molecule has 1 unspecified atom stereocenters. The molecule has 13 heavy (non-hydrogen) atoms. The van der Waals surface area contributed by atoms with Gasteiger partial charge in [-0.15, -0.1) is 11.3 Å². The molecule has 1 aromatic heterocycles. The molecule has 0 radical (unpaired) electrons. The molecule has 0 saturated heterocycles. The summed E-state index contributed by atoms with van der Waals surface area (Å²) in [5.41, 5.74) is 7.48. The lowest BCUT2D eigenvalue weighted by Gasteiger charge is -2.29. The van der Waals surface area contributed by atoms with E-state index in [-0.39, 0.29) is 11.0 Å². The maximum Gasteiger partial charge on any atom is 0.113 e. The van der Waals surface area contributed by atoms with Crippen LogP contribution >= 0.6 is 11.3 Å². The van der Waals surface area contributed by atoms with Gasteiger partial charge in [-0.1, -0.05) is 6.92 Å². The van der Waals surface area contributed by atoms with Gasteiger partial charge in [-0.3, -0.25) is 0 Å². The summed E-state index contributed by atoms with van der Waals surface area (Å²) in [4.78, 5) is 4.48. The lowest BCUT2D eigenvalue weighted by Crippen LogP contribution is -2.41. The third-order valence-electron chi connectivity index (χ3n) is 3.32. The first-order valence-electron chi connectivity index (χ1n) is 4.67. The molecule has 0 spiro atoms. The first-order valence-corrected chi connectivity index (χ1v) is 5.55. The van der Waals surface area contributed by atoms with Crippen molar-refractivity contribution in [1.29, 1.82) is 0 Å². The van der Waals surface area contributed by atoms with Gasteiger partial charge in [-0.05, 0) is 32.1 Å². The number of rotatable bonds is 2. The fraction of sp³-hybridized carbons (Fsp3) is 0.700. The van der Waals surface area contributed by atoms with Gasteiger partial charge < -0.3 is 5.73 Å². The second-order valence-electron chi connectivity index (χ2n) is 4.56. The van der Waals surface area contributed by atoms with Crippen molar-refractivity contribution in [1.82, 2.24) is 4.98 Å². The minimum atomic E-state index is -0.230. The average molecular weight is 196 g/mol. The van der Waals surface area contributed by atoms with Crippen LogP contribution in [-0.2, 0) is 5.54 Å². The van der Waals surface area contributed by atoms with Crippen LogP contribution in [0.2, 0.25) is 0 Å². The van der Waals surface area contributed by atoms with Gasteiger partial charge in [0.05, 0.1) is 5.54 Å². The molecule has 1 aromatic rings. The fourth-order valence-electron chi connectivity index (χ4n) is 1.56. The summed E-state index contributed by atoms with van der Waals surface area (Å²) in [6.07, 6.45) is 2.47. The Morgan fingerprint density at radius 3 is 2.62 bits per heavy atom. The van der Waals surface area contributed by atoms with Gasteiger partial charge >= 0.3 is 0 Å². The Bertz CT molecular complexity index is 323. The molecule has 0 aromatic carbocycles. The molecule has 0 aliphatic heterocycles. The topological polar surface area (TPSA) is 38.9 Å². The Morgan fingerprint density at radius 2 is 2.23 bits per heavy atom. The Hall–Kier alpha value is -0.410. The number of hydrogen-bond donors (Lipinski definition) is 1. The molecule has 0 amide bonds. The predicted octanol–water partition coefficient (Wildman–Crippen LogP) is 2.43. The summed E-state index contributed by atoms with van der Waals surface area (Å²) < 4.78 is 0. The van der Waals surface area contributed by atoms with Gasteiger partial charge in [0.25, 0.3) is 0 Å². The summed E-state index contributed by atoms with van der Waals surface area (Å²) in [6, 6.07) is 0. The number of nitrogens with zero attached hydrogens (tertiary/aromatic N) is 1. The molecule has 3 heteroatoms. The van der Waals surface area contributed by atoms with E-state index in [0.717, 1.165) is 10.7 Å². The van der Waals surface area contributed by atoms with Crippen molar-refractivity contribution in [3.8, 4) is 0 Å². The molecule has 0 bridgehead atoms. The van der Waals surface area contributed by atoms with E-state index in [9.17, 15) is 0 Å². The highest BCUT2D eigenvalue weighted by atomic mass is 32.1. The third kappa shape index (κ3) is 1.30. The Morgan fingerprint density at radius 1 is 1.62 bits per heavy atom. The summed E-state index contributed by atoms with van der Waals surface area (Å²) in [5.74, 6) is 0. The molecule has 1 heterocycles. The normalized spacial score (nSPS) is 24.0. The summed E-state index contributed by atoms with van der Waals surface area (Å²) in [7, 11) is 0. The standard InChI is InChI=1S/C10H16N2S/c1-7-6-13-8(12-7)10(3,11)9(2)4-5-9/h6H,4-5,11H2,1-3H3. The van der Waals surface area contributed by atoms with Crippen molar-refractivity contribution in [3.63, 3.8) is 0 Å². The molecule has 1 saturated carbocycles. The average Bonchev–Trinajstić information content (AvgIpc) is 2.63.